The van der Waals surface area contributed by atoms with Gasteiger partial charge in [-0.25, -0.2) is 13.1 Å². The largest absolute Gasteiger partial charge is 0.486 e. The maximum absolute atomic E-state index is 12.7. The predicted octanol–water partition coefficient (Wildman–Crippen LogP) is 1.11. The Hall–Kier alpha value is -2.41. The highest BCUT2D eigenvalue weighted by Crippen LogP contribution is 2.20. The summed E-state index contributed by atoms with van der Waals surface area (Å²) in [6.45, 7) is 2.46. The number of rotatable bonds is 5. The Morgan fingerprint density at radius 3 is 2.73 bits per heavy atom. The topological polar surface area (TPSA) is 106 Å². The number of ether oxygens (including phenoxy) is 2. The SMILES string of the molecule is Cc1cc(S(=O)(=O)N[C@@H]2CCOC[C@H]2Oc2ccc(C#N)cc2)n(C)n1. The van der Waals surface area contributed by atoms with Crippen LogP contribution in [0.25, 0.3) is 0 Å². The summed E-state index contributed by atoms with van der Waals surface area (Å²) < 4.78 is 40.8. The molecule has 0 unspecified atom stereocenters. The smallest absolute Gasteiger partial charge is 0.258 e. The van der Waals surface area contributed by atoms with Crippen molar-refractivity contribution in [1.82, 2.24) is 14.5 Å². The van der Waals surface area contributed by atoms with Crippen LogP contribution in [0.2, 0.25) is 0 Å². The molecule has 1 aliphatic rings. The highest BCUT2D eigenvalue weighted by molar-refractivity contribution is 7.89. The fraction of sp³-hybridized carbons (Fsp3) is 0.412. The van der Waals surface area contributed by atoms with Crippen LogP contribution >= 0.6 is 0 Å². The van der Waals surface area contributed by atoms with Gasteiger partial charge in [0.2, 0.25) is 0 Å². The van der Waals surface area contributed by atoms with Crippen LogP contribution in [0.15, 0.2) is 35.4 Å². The van der Waals surface area contributed by atoms with Crippen LogP contribution in [0.3, 0.4) is 0 Å². The summed E-state index contributed by atoms with van der Waals surface area (Å²) >= 11 is 0. The van der Waals surface area contributed by atoms with Crippen LogP contribution < -0.4 is 9.46 Å². The van der Waals surface area contributed by atoms with Gasteiger partial charge in [0.15, 0.2) is 5.03 Å². The first-order valence-electron chi connectivity index (χ1n) is 8.16. The van der Waals surface area contributed by atoms with E-state index < -0.39 is 22.2 Å². The summed E-state index contributed by atoms with van der Waals surface area (Å²) in [5, 5.41) is 13.1. The Bertz CT molecular complexity index is 915. The van der Waals surface area contributed by atoms with Gasteiger partial charge in [-0.05, 0) is 43.7 Å². The standard InChI is InChI=1S/C17H20N4O4S/c1-12-9-17(21(2)19-12)26(22,23)20-15-7-8-24-11-16(15)25-14-5-3-13(10-18)4-6-14/h3-6,9,15-16,20H,7-8,11H2,1-2H3/t15-,16-/m1/s1. The molecule has 0 aliphatic carbocycles. The summed E-state index contributed by atoms with van der Waals surface area (Å²) in [6.07, 6.45) is 0.0255. The number of sulfonamides is 1. The molecule has 1 fully saturated rings. The van der Waals surface area contributed by atoms with Gasteiger partial charge in [0, 0.05) is 13.7 Å². The number of hydrogen-bond acceptors (Lipinski definition) is 6. The zero-order valence-electron chi connectivity index (χ0n) is 14.5. The van der Waals surface area contributed by atoms with Gasteiger partial charge in [-0.1, -0.05) is 0 Å². The van der Waals surface area contributed by atoms with Gasteiger partial charge in [-0.2, -0.15) is 10.4 Å². The first-order valence-corrected chi connectivity index (χ1v) is 9.65. The molecule has 2 heterocycles. The Balaban J connectivity index is 1.76. The van der Waals surface area contributed by atoms with Crippen molar-refractivity contribution >= 4 is 10.0 Å². The number of nitrogens with zero attached hydrogens (tertiary/aromatic N) is 3. The van der Waals surface area contributed by atoms with E-state index in [0.29, 0.717) is 30.0 Å². The summed E-state index contributed by atoms with van der Waals surface area (Å²) in [5.41, 5.74) is 1.16. The Morgan fingerprint density at radius 2 is 2.12 bits per heavy atom. The van der Waals surface area contributed by atoms with Crippen LogP contribution in [0.4, 0.5) is 0 Å². The van der Waals surface area contributed by atoms with E-state index in [1.165, 1.54) is 10.7 Å². The number of nitriles is 1. The number of aryl methyl sites for hydroxylation is 2. The lowest BCUT2D eigenvalue weighted by atomic mass is 10.1. The van der Waals surface area contributed by atoms with Gasteiger partial charge in [0.25, 0.3) is 10.0 Å². The fourth-order valence-electron chi connectivity index (χ4n) is 2.84. The van der Waals surface area contributed by atoms with Gasteiger partial charge in [0.1, 0.15) is 11.9 Å². The lowest BCUT2D eigenvalue weighted by molar-refractivity contribution is -0.00929. The molecule has 0 spiro atoms. The van der Waals surface area contributed by atoms with E-state index in [4.69, 9.17) is 14.7 Å². The van der Waals surface area contributed by atoms with Crippen LogP contribution in [-0.4, -0.2) is 43.6 Å². The second kappa shape index (κ2) is 7.45. The molecule has 1 aromatic heterocycles. The van der Waals surface area contributed by atoms with Crippen molar-refractivity contribution in [3.8, 4) is 11.8 Å². The molecule has 1 saturated heterocycles. The molecular weight excluding hydrogens is 356 g/mol. The van der Waals surface area contributed by atoms with E-state index >= 15 is 0 Å². The van der Waals surface area contributed by atoms with Crippen LogP contribution in [0, 0.1) is 18.3 Å². The second-order valence-corrected chi connectivity index (χ2v) is 7.79. The quantitative estimate of drug-likeness (QED) is 0.838. The number of benzene rings is 1. The fourth-order valence-corrected chi connectivity index (χ4v) is 4.35. The third-order valence-electron chi connectivity index (χ3n) is 4.12. The average molecular weight is 376 g/mol. The van der Waals surface area contributed by atoms with Gasteiger partial charge < -0.3 is 9.47 Å². The molecule has 0 saturated carbocycles. The zero-order chi connectivity index (χ0) is 18.7. The van der Waals surface area contributed by atoms with E-state index in [0.717, 1.165) is 0 Å². The third kappa shape index (κ3) is 4.04. The van der Waals surface area contributed by atoms with Gasteiger partial charge >= 0.3 is 0 Å². The monoisotopic (exact) mass is 376 g/mol. The van der Waals surface area contributed by atoms with Crippen molar-refractivity contribution in [1.29, 1.82) is 5.26 Å². The first-order chi connectivity index (χ1) is 12.4. The molecule has 2 aromatic rings. The molecule has 26 heavy (non-hydrogen) atoms. The lowest BCUT2D eigenvalue weighted by Crippen LogP contribution is -2.51. The molecule has 0 amide bonds. The van der Waals surface area contributed by atoms with E-state index in [2.05, 4.69) is 9.82 Å². The van der Waals surface area contributed by atoms with Crippen molar-refractivity contribution < 1.29 is 17.9 Å². The Morgan fingerprint density at radius 1 is 1.38 bits per heavy atom. The Labute approximate surface area is 152 Å². The molecule has 3 rings (SSSR count). The summed E-state index contributed by atoms with van der Waals surface area (Å²) in [5.74, 6) is 0.556. The minimum absolute atomic E-state index is 0.110. The molecule has 1 aliphatic heterocycles. The van der Waals surface area contributed by atoms with E-state index in [9.17, 15) is 8.42 Å². The predicted molar refractivity (Wildman–Crippen MR) is 93.1 cm³/mol. The first kappa shape index (κ1) is 18.4. The van der Waals surface area contributed by atoms with Crippen molar-refractivity contribution in [2.45, 2.75) is 30.5 Å². The van der Waals surface area contributed by atoms with Crippen molar-refractivity contribution in [2.75, 3.05) is 13.2 Å². The highest BCUT2D eigenvalue weighted by atomic mass is 32.2. The maximum Gasteiger partial charge on any atom is 0.258 e. The van der Waals surface area contributed by atoms with Crippen molar-refractivity contribution in [2.24, 2.45) is 7.05 Å². The molecule has 9 heteroatoms. The van der Waals surface area contributed by atoms with E-state index in [-0.39, 0.29) is 11.6 Å². The molecule has 1 aromatic carbocycles. The normalized spacial score (nSPS) is 20.5. The molecule has 0 radical (unpaired) electrons. The number of aromatic nitrogens is 2. The number of nitrogens with one attached hydrogen (secondary N) is 1. The Kier molecular flexibility index (Phi) is 5.27. The summed E-state index contributed by atoms with van der Waals surface area (Å²) in [4.78, 5) is 0. The van der Waals surface area contributed by atoms with Crippen molar-refractivity contribution in [3.05, 3.63) is 41.6 Å². The molecule has 8 nitrogen and oxygen atoms in total. The van der Waals surface area contributed by atoms with E-state index in [1.807, 2.05) is 6.07 Å². The third-order valence-corrected chi connectivity index (χ3v) is 5.66. The van der Waals surface area contributed by atoms with Gasteiger partial charge in [-0.3, -0.25) is 4.68 Å². The van der Waals surface area contributed by atoms with Crippen molar-refractivity contribution in [3.63, 3.8) is 0 Å². The summed E-state index contributed by atoms with van der Waals surface area (Å²) in [7, 11) is -2.14. The van der Waals surface area contributed by atoms with E-state index in [1.54, 1.807) is 38.2 Å². The van der Waals surface area contributed by atoms with Crippen LogP contribution in [0.1, 0.15) is 17.7 Å². The highest BCUT2D eigenvalue weighted by Gasteiger charge is 2.33. The minimum atomic E-state index is -3.73. The average Bonchev–Trinajstić information content (AvgIpc) is 2.96. The van der Waals surface area contributed by atoms with Gasteiger partial charge in [-0.15, -0.1) is 0 Å². The number of hydrogen-bond donors (Lipinski definition) is 1. The minimum Gasteiger partial charge on any atom is -0.486 e. The molecule has 138 valence electrons. The molecule has 2 atom stereocenters. The molecular formula is C17H20N4O4S. The van der Waals surface area contributed by atoms with Gasteiger partial charge in [0.05, 0.1) is 30.0 Å². The second-order valence-electron chi connectivity index (χ2n) is 6.13. The lowest BCUT2D eigenvalue weighted by Gasteiger charge is -2.32. The maximum atomic E-state index is 12.7. The summed E-state index contributed by atoms with van der Waals surface area (Å²) in [6, 6.07) is 9.80. The van der Waals surface area contributed by atoms with Crippen LogP contribution in [-0.2, 0) is 21.8 Å². The molecule has 0 bridgehead atoms. The zero-order valence-corrected chi connectivity index (χ0v) is 15.4. The molecule has 1 N–H and O–H groups in total. The van der Waals surface area contributed by atoms with Crippen LogP contribution in [0.5, 0.6) is 5.75 Å².